The van der Waals surface area contributed by atoms with Crippen LogP contribution < -0.4 is 5.56 Å². The second-order valence-corrected chi connectivity index (χ2v) is 9.77. The summed E-state index contributed by atoms with van der Waals surface area (Å²) >= 11 is 0. The van der Waals surface area contributed by atoms with Gasteiger partial charge in [-0.2, -0.15) is 4.31 Å². The Morgan fingerprint density at radius 2 is 1.94 bits per heavy atom. The molecule has 0 fully saturated rings. The molecular formula is C22H23N3O5S. The molecule has 1 atom stereocenters. The Morgan fingerprint density at radius 1 is 1.19 bits per heavy atom. The number of hydrogen-bond donors (Lipinski definition) is 0. The number of fused-ring (bicyclic) bond motifs is 2. The minimum absolute atomic E-state index is 0.110. The molecule has 1 aliphatic rings. The Labute approximate surface area is 180 Å². The Hall–Kier alpha value is -3.04. The topological polar surface area (TPSA) is 98.0 Å². The van der Waals surface area contributed by atoms with Crippen LogP contribution in [0.3, 0.4) is 0 Å². The highest BCUT2D eigenvalue weighted by Gasteiger charge is 2.39. The van der Waals surface area contributed by atoms with Gasteiger partial charge in [-0.1, -0.05) is 30.3 Å². The number of hydrogen-bond acceptors (Lipinski definition) is 6. The molecule has 0 radical (unpaired) electrons. The number of rotatable bonds is 5. The van der Waals surface area contributed by atoms with Crippen LogP contribution in [0, 0.1) is 6.92 Å². The molecular weight excluding hydrogens is 418 g/mol. The largest absolute Gasteiger partial charge is 0.458 e. The van der Waals surface area contributed by atoms with E-state index in [0.717, 1.165) is 16.7 Å². The van der Waals surface area contributed by atoms with Crippen molar-refractivity contribution in [2.75, 3.05) is 5.75 Å². The molecule has 0 unspecified atom stereocenters. The third-order valence-corrected chi connectivity index (χ3v) is 7.25. The van der Waals surface area contributed by atoms with E-state index in [4.69, 9.17) is 4.74 Å². The molecule has 4 rings (SSSR count). The fourth-order valence-electron chi connectivity index (χ4n) is 3.73. The lowest BCUT2D eigenvalue weighted by Gasteiger charge is -2.34. The highest BCUT2D eigenvalue weighted by molar-refractivity contribution is 7.89. The summed E-state index contributed by atoms with van der Waals surface area (Å²) in [6.45, 7) is 3.34. The quantitative estimate of drug-likeness (QED) is 0.560. The highest BCUT2D eigenvalue weighted by Crippen LogP contribution is 2.27. The van der Waals surface area contributed by atoms with Gasteiger partial charge in [-0.15, -0.1) is 0 Å². The van der Waals surface area contributed by atoms with Gasteiger partial charge >= 0.3 is 5.97 Å². The number of pyridine rings is 1. The zero-order valence-corrected chi connectivity index (χ0v) is 18.1. The number of esters is 1. The van der Waals surface area contributed by atoms with Crippen molar-refractivity contribution in [2.24, 2.45) is 0 Å². The number of ether oxygens (including phenoxy) is 1. The first-order valence-electron chi connectivity index (χ1n) is 10.0. The van der Waals surface area contributed by atoms with Crippen molar-refractivity contribution in [3.8, 4) is 0 Å². The first kappa shape index (κ1) is 21.2. The molecule has 2 aromatic heterocycles. The third-order valence-electron chi connectivity index (χ3n) is 5.42. The molecule has 31 heavy (non-hydrogen) atoms. The van der Waals surface area contributed by atoms with Crippen molar-refractivity contribution >= 4 is 21.6 Å². The molecule has 0 saturated heterocycles. The van der Waals surface area contributed by atoms with Crippen LogP contribution >= 0.6 is 0 Å². The van der Waals surface area contributed by atoms with Gasteiger partial charge < -0.3 is 4.74 Å². The molecule has 162 valence electrons. The summed E-state index contributed by atoms with van der Waals surface area (Å²) in [5.74, 6) is -0.765. The molecule has 1 aliphatic heterocycles. The maximum Gasteiger partial charge on any atom is 0.325 e. The van der Waals surface area contributed by atoms with Crippen LogP contribution in [-0.2, 0) is 39.1 Å². The van der Waals surface area contributed by atoms with Gasteiger partial charge in [-0.05, 0) is 36.6 Å². The molecule has 9 heteroatoms. The second kappa shape index (κ2) is 8.24. The second-order valence-electron chi connectivity index (χ2n) is 7.56. The van der Waals surface area contributed by atoms with Gasteiger partial charge in [0.15, 0.2) is 0 Å². The van der Waals surface area contributed by atoms with Gasteiger partial charge in [-0.3, -0.25) is 14.0 Å². The first-order chi connectivity index (χ1) is 14.8. The van der Waals surface area contributed by atoms with E-state index < -0.39 is 22.0 Å². The average molecular weight is 442 g/mol. The minimum Gasteiger partial charge on any atom is -0.458 e. The third kappa shape index (κ3) is 4.24. The number of benzene rings is 1. The van der Waals surface area contributed by atoms with E-state index in [1.54, 1.807) is 19.2 Å². The molecule has 0 aliphatic carbocycles. The predicted octanol–water partition coefficient (Wildman–Crippen LogP) is 1.82. The van der Waals surface area contributed by atoms with E-state index in [2.05, 4.69) is 4.98 Å². The summed E-state index contributed by atoms with van der Waals surface area (Å²) in [6.07, 6.45) is 1.93. The van der Waals surface area contributed by atoms with Crippen LogP contribution in [0.1, 0.15) is 29.3 Å². The summed E-state index contributed by atoms with van der Waals surface area (Å²) in [5, 5.41) is 0. The molecule has 3 heterocycles. The van der Waals surface area contributed by atoms with Crippen molar-refractivity contribution in [1.82, 2.24) is 13.7 Å². The van der Waals surface area contributed by atoms with Gasteiger partial charge in [-0.25, -0.2) is 13.4 Å². The smallest absolute Gasteiger partial charge is 0.325 e. The maximum absolute atomic E-state index is 12.9. The molecule has 0 N–H and O–H groups in total. The van der Waals surface area contributed by atoms with Gasteiger partial charge in [0.25, 0.3) is 5.56 Å². The molecule has 8 nitrogen and oxygen atoms in total. The van der Waals surface area contributed by atoms with E-state index >= 15 is 0 Å². The van der Waals surface area contributed by atoms with Crippen LogP contribution in [0.25, 0.3) is 5.65 Å². The number of aryl methyl sites for hydroxylation is 1. The molecule has 0 bridgehead atoms. The molecule has 0 saturated carbocycles. The summed E-state index contributed by atoms with van der Waals surface area (Å²) < 4.78 is 33.3. The van der Waals surface area contributed by atoms with E-state index in [9.17, 15) is 18.0 Å². The Balaban J connectivity index is 1.57. The van der Waals surface area contributed by atoms with Gasteiger partial charge in [0, 0.05) is 25.2 Å². The summed E-state index contributed by atoms with van der Waals surface area (Å²) in [6, 6.07) is 11.4. The van der Waals surface area contributed by atoms with Gasteiger partial charge in [0.1, 0.15) is 18.3 Å². The van der Waals surface area contributed by atoms with Crippen molar-refractivity contribution < 1.29 is 17.9 Å². The molecule has 0 amide bonds. The van der Waals surface area contributed by atoms with Crippen molar-refractivity contribution in [3.63, 3.8) is 0 Å². The van der Waals surface area contributed by atoms with Crippen LogP contribution in [0.2, 0.25) is 0 Å². The zero-order valence-electron chi connectivity index (χ0n) is 17.3. The average Bonchev–Trinajstić information content (AvgIpc) is 2.77. The van der Waals surface area contributed by atoms with E-state index in [1.165, 1.54) is 14.8 Å². The Bertz CT molecular complexity index is 1320. The lowest BCUT2D eigenvalue weighted by Crippen LogP contribution is -2.49. The Morgan fingerprint density at radius 3 is 2.68 bits per heavy atom. The van der Waals surface area contributed by atoms with Gasteiger partial charge in [0.05, 0.1) is 11.4 Å². The van der Waals surface area contributed by atoms with Gasteiger partial charge in [0.2, 0.25) is 10.0 Å². The van der Waals surface area contributed by atoms with Crippen molar-refractivity contribution in [1.29, 1.82) is 0 Å². The normalized spacial score (nSPS) is 16.8. The maximum atomic E-state index is 12.9. The fraction of sp³-hybridized carbons (Fsp3) is 0.318. The van der Waals surface area contributed by atoms with Crippen LogP contribution in [0.4, 0.5) is 0 Å². The lowest BCUT2D eigenvalue weighted by atomic mass is 9.96. The SMILES string of the molecule is CCS(=O)(=O)N1Cc2ccccc2C[C@@H]1C(=O)OCc1cc(=O)n2cc(C)ccc2n1. The van der Waals surface area contributed by atoms with Crippen LogP contribution in [0.15, 0.2) is 53.5 Å². The van der Waals surface area contributed by atoms with Crippen molar-refractivity contribution in [3.05, 3.63) is 81.4 Å². The number of carbonyl (C=O) groups is 1. The standard InChI is InChI=1S/C22H23N3O5S/c1-3-31(28,29)25-13-17-7-5-4-6-16(17)10-19(25)22(27)30-14-18-11-21(26)24-12-15(2)8-9-20(24)23-18/h4-9,11-12,19H,3,10,13-14H2,1-2H3/t19-/m1/s1. The van der Waals surface area contributed by atoms with Crippen LogP contribution in [-0.4, -0.2) is 39.9 Å². The van der Waals surface area contributed by atoms with E-state index in [-0.39, 0.29) is 30.9 Å². The number of carbonyl (C=O) groups excluding carboxylic acids is 1. The number of sulfonamides is 1. The fourth-order valence-corrected chi connectivity index (χ4v) is 4.95. The predicted molar refractivity (Wildman–Crippen MR) is 115 cm³/mol. The molecule has 3 aromatic rings. The van der Waals surface area contributed by atoms with E-state index in [0.29, 0.717) is 11.3 Å². The van der Waals surface area contributed by atoms with Crippen molar-refractivity contribution in [2.45, 2.75) is 39.5 Å². The first-order valence-corrected chi connectivity index (χ1v) is 11.6. The van der Waals surface area contributed by atoms with Crippen LogP contribution in [0.5, 0.6) is 0 Å². The summed E-state index contributed by atoms with van der Waals surface area (Å²) in [5.41, 5.74) is 3.20. The minimum atomic E-state index is -3.62. The number of aromatic nitrogens is 2. The highest BCUT2D eigenvalue weighted by atomic mass is 32.2. The molecule has 0 spiro atoms. The molecule has 1 aromatic carbocycles. The Kier molecular flexibility index (Phi) is 5.63. The summed E-state index contributed by atoms with van der Waals surface area (Å²) in [4.78, 5) is 29.6. The van der Waals surface area contributed by atoms with E-state index in [1.807, 2.05) is 37.3 Å². The monoisotopic (exact) mass is 441 g/mol. The lowest BCUT2D eigenvalue weighted by molar-refractivity contribution is -0.150. The zero-order chi connectivity index (χ0) is 22.2. The summed E-state index contributed by atoms with van der Waals surface area (Å²) in [7, 11) is -3.62. The number of nitrogens with zero attached hydrogens (tertiary/aromatic N) is 3.